The first-order chi connectivity index (χ1) is 8.04. The number of carbonyl (C=O) groups is 1. The average molecular weight is 330 g/mol. The van der Waals surface area contributed by atoms with Gasteiger partial charge in [0.2, 0.25) is 5.91 Å². The lowest BCUT2D eigenvalue weighted by atomic mass is 10.3. The summed E-state index contributed by atoms with van der Waals surface area (Å²) in [5.41, 5.74) is 6.65. The van der Waals surface area contributed by atoms with Gasteiger partial charge in [-0.1, -0.05) is 0 Å². The van der Waals surface area contributed by atoms with Gasteiger partial charge in [0.05, 0.1) is 17.3 Å². The number of aromatic nitrogens is 1. The van der Waals surface area contributed by atoms with Crippen LogP contribution in [0, 0.1) is 13.8 Å². The molecule has 0 aromatic carbocycles. The van der Waals surface area contributed by atoms with Crippen molar-refractivity contribution in [3.8, 4) is 0 Å². The SMILES string of the molecule is COCC(N)C(=O)NCCc1nc(C)c(C)s1.Cl.Cl. The number of rotatable bonds is 6. The van der Waals surface area contributed by atoms with Crippen molar-refractivity contribution in [2.75, 3.05) is 20.3 Å². The van der Waals surface area contributed by atoms with E-state index in [0.717, 1.165) is 17.1 Å². The van der Waals surface area contributed by atoms with Gasteiger partial charge in [-0.05, 0) is 13.8 Å². The van der Waals surface area contributed by atoms with Gasteiger partial charge in [0, 0.05) is 25.0 Å². The van der Waals surface area contributed by atoms with E-state index in [9.17, 15) is 4.79 Å². The van der Waals surface area contributed by atoms with Crippen LogP contribution in [0.2, 0.25) is 0 Å². The number of nitrogens with zero attached hydrogens (tertiary/aromatic N) is 1. The molecule has 8 heteroatoms. The molecular formula is C11H21Cl2N3O2S. The number of amides is 1. The summed E-state index contributed by atoms with van der Waals surface area (Å²) in [4.78, 5) is 17.1. The number of halogens is 2. The molecule has 1 atom stereocenters. The quantitative estimate of drug-likeness (QED) is 0.823. The van der Waals surface area contributed by atoms with E-state index in [1.165, 1.54) is 12.0 Å². The van der Waals surface area contributed by atoms with E-state index in [2.05, 4.69) is 10.3 Å². The molecule has 1 aromatic heterocycles. The second kappa shape index (κ2) is 10.4. The fourth-order valence-corrected chi connectivity index (χ4v) is 2.26. The zero-order chi connectivity index (χ0) is 12.8. The van der Waals surface area contributed by atoms with Gasteiger partial charge < -0.3 is 15.8 Å². The molecule has 5 nitrogen and oxygen atoms in total. The Balaban J connectivity index is 0. The van der Waals surface area contributed by atoms with Gasteiger partial charge in [-0.2, -0.15) is 0 Å². The number of nitrogens with one attached hydrogen (secondary N) is 1. The molecule has 0 aliphatic carbocycles. The number of thiazole rings is 1. The van der Waals surface area contributed by atoms with Gasteiger partial charge in [-0.25, -0.2) is 4.98 Å². The molecule has 19 heavy (non-hydrogen) atoms. The van der Waals surface area contributed by atoms with Crippen molar-refractivity contribution in [2.45, 2.75) is 26.3 Å². The molecule has 3 N–H and O–H groups in total. The zero-order valence-electron chi connectivity index (χ0n) is 11.3. The van der Waals surface area contributed by atoms with Crippen LogP contribution in [0.1, 0.15) is 15.6 Å². The van der Waals surface area contributed by atoms with Crippen LogP contribution in [0.5, 0.6) is 0 Å². The number of aryl methyl sites for hydroxylation is 2. The summed E-state index contributed by atoms with van der Waals surface area (Å²) < 4.78 is 4.81. The van der Waals surface area contributed by atoms with Crippen LogP contribution >= 0.6 is 36.2 Å². The summed E-state index contributed by atoms with van der Waals surface area (Å²) in [6.07, 6.45) is 0.741. The normalized spacial score (nSPS) is 11.2. The van der Waals surface area contributed by atoms with Gasteiger partial charge >= 0.3 is 0 Å². The van der Waals surface area contributed by atoms with Crippen LogP contribution in [0.25, 0.3) is 0 Å². The van der Waals surface area contributed by atoms with Crippen LogP contribution < -0.4 is 11.1 Å². The van der Waals surface area contributed by atoms with E-state index < -0.39 is 6.04 Å². The summed E-state index contributed by atoms with van der Waals surface area (Å²) in [5.74, 6) is -0.183. The molecule has 0 spiro atoms. The van der Waals surface area contributed by atoms with E-state index in [1.54, 1.807) is 11.3 Å². The van der Waals surface area contributed by atoms with Gasteiger partial charge in [-0.15, -0.1) is 36.2 Å². The largest absolute Gasteiger partial charge is 0.383 e. The van der Waals surface area contributed by atoms with Gasteiger partial charge in [-0.3, -0.25) is 4.79 Å². The van der Waals surface area contributed by atoms with Crippen LogP contribution in [0.4, 0.5) is 0 Å². The molecule has 0 saturated carbocycles. The van der Waals surface area contributed by atoms with Crippen molar-refractivity contribution in [3.63, 3.8) is 0 Å². The highest BCUT2D eigenvalue weighted by Gasteiger charge is 2.12. The number of nitrogens with two attached hydrogens (primary N) is 1. The highest BCUT2D eigenvalue weighted by Crippen LogP contribution is 2.16. The molecule has 0 aliphatic rings. The number of ether oxygens (including phenoxy) is 1. The number of carbonyl (C=O) groups excluding carboxylic acids is 1. The highest BCUT2D eigenvalue weighted by atomic mass is 35.5. The first kappa shape index (κ1) is 20.9. The third-order valence-electron chi connectivity index (χ3n) is 2.39. The van der Waals surface area contributed by atoms with E-state index in [0.29, 0.717) is 6.54 Å². The van der Waals surface area contributed by atoms with Crippen molar-refractivity contribution in [3.05, 3.63) is 15.6 Å². The second-order valence-corrected chi connectivity index (χ2v) is 5.14. The second-order valence-electron chi connectivity index (χ2n) is 3.85. The number of methoxy groups -OCH3 is 1. The summed E-state index contributed by atoms with van der Waals surface area (Å²) in [7, 11) is 1.52. The first-order valence-electron chi connectivity index (χ1n) is 5.49. The van der Waals surface area contributed by atoms with Crippen LogP contribution in [-0.4, -0.2) is 37.2 Å². The minimum Gasteiger partial charge on any atom is -0.383 e. The third-order valence-corrected chi connectivity index (χ3v) is 3.53. The molecule has 1 rings (SSSR count). The fraction of sp³-hybridized carbons (Fsp3) is 0.636. The van der Waals surface area contributed by atoms with Crippen molar-refractivity contribution in [1.29, 1.82) is 0 Å². The van der Waals surface area contributed by atoms with Gasteiger partial charge in [0.15, 0.2) is 0 Å². The topological polar surface area (TPSA) is 77.2 Å². The average Bonchev–Trinajstić information content (AvgIpc) is 2.58. The molecule has 0 saturated heterocycles. The van der Waals surface area contributed by atoms with Crippen LogP contribution in [0.15, 0.2) is 0 Å². The maximum Gasteiger partial charge on any atom is 0.239 e. The Kier molecular flexibility index (Phi) is 11.4. The molecule has 112 valence electrons. The maximum absolute atomic E-state index is 11.5. The predicted octanol–water partition coefficient (Wildman–Crippen LogP) is 1.24. The molecule has 1 heterocycles. The molecule has 1 amide bonds. The maximum atomic E-state index is 11.5. The zero-order valence-corrected chi connectivity index (χ0v) is 13.7. The van der Waals surface area contributed by atoms with Crippen LogP contribution in [-0.2, 0) is 16.0 Å². The molecule has 0 radical (unpaired) electrons. The first-order valence-corrected chi connectivity index (χ1v) is 6.31. The van der Waals surface area contributed by atoms with E-state index >= 15 is 0 Å². The Morgan fingerprint density at radius 2 is 2.11 bits per heavy atom. The Morgan fingerprint density at radius 3 is 2.58 bits per heavy atom. The minimum atomic E-state index is -0.597. The molecule has 0 fully saturated rings. The third kappa shape index (κ3) is 7.08. The molecule has 1 unspecified atom stereocenters. The molecule has 0 aliphatic heterocycles. The Hall–Kier alpha value is -0.400. The Bertz CT molecular complexity index is 369. The van der Waals surface area contributed by atoms with Crippen molar-refractivity contribution < 1.29 is 9.53 Å². The lowest BCUT2D eigenvalue weighted by molar-refractivity contribution is -0.123. The lowest BCUT2D eigenvalue weighted by Gasteiger charge is -2.10. The summed E-state index contributed by atoms with van der Waals surface area (Å²) in [6.45, 7) is 4.83. The number of hydrogen-bond donors (Lipinski definition) is 2. The lowest BCUT2D eigenvalue weighted by Crippen LogP contribution is -2.44. The fourth-order valence-electron chi connectivity index (χ4n) is 1.33. The van der Waals surface area contributed by atoms with Crippen LogP contribution in [0.3, 0.4) is 0 Å². The van der Waals surface area contributed by atoms with Crippen molar-refractivity contribution in [2.24, 2.45) is 5.73 Å². The highest BCUT2D eigenvalue weighted by molar-refractivity contribution is 7.11. The number of hydrogen-bond acceptors (Lipinski definition) is 5. The van der Waals surface area contributed by atoms with Crippen molar-refractivity contribution in [1.82, 2.24) is 10.3 Å². The van der Waals surface area contributed by atoms with E-state index in [1.807, 2.05) is 13.8 Å². The summed E-state index contributed by atoms with van der Waals surface area (Å²) in [5, 5.41) is 3.81. The van der Waals surface area contributed by atoms with E-state index in [4.69, 9.17) is 10.5 Å². The minimum absolute atomic E-state index is 0. The standard InChI is InChI=1S/C11H19N3O2S.2ClH/c1-7-8(2)17-10(14-7)4-5-13-11(15)9(12)6-16-3;;/h9H,4-6,12H2,1-3H3,(H,13,15);2*1H. The smallest absolute Gasteiger partial charge is 0.239 e. The van der Waals surface area contributed by atoms with Crippen molar-refractivity contribution >= 4 is 42.1 Å². The molecular weight excluding hydrogens is 309 g/mol. The summed E-state index contributed by atoms with van der Waals surface area (Å²) in [6, 6.07) is -0.597. The monoisotopic (exact) mass is 329 g/mol. The Labute approximate surface area is 130 Å². The molecule has 0 bridgehead atoms. The molecule has 1 aromatic rings. The Morgan fingerprint density at radius 1 is 1.47 bits per heavy atom. The predicted molar refractivity (Wildman–Crippen MR) is 82.6 cm³/mol. The van der Waals surface area contributed by atoms with Gasteiger partial charge in [0.1, 0.15) is 6.04 Å². The summed E-state index contributed by atoms with van der Waals surface area (Å²) >= 11 is 1.67. The van der Waals surface area contributed by atoms with E-state index in [-0.39, 0.29) is 37.3 Å². The van der Waals surface area contributed by atoms with Gasteiger partial charge in [0.25, 0.3) is 0 Å².